The molecule has 7 nitrogen and oxygen atoms in total. The highest BCUT2D eigenvalue weighted by atomic mass is 32.2. The normalized spacial score (nSPS) is 22.7. The van der Waals surface area contributed by atoms with Crippen molar-refractivity contribution in [2.24, 2.45) is 0 Å². The molecular weight excluding hydrogens is 392 g/mol. The first-order valence-corrected chi connectivity index (χ1v) is 11.1. The third-order valence-electron chi connectivity index (χ3n) is 5.22. The quantitative estimate of drug-likeness (QED) is 0.538. The van der Waals surface area contributed by atoms with E-state index >= 15 is 0 Å². The third-order valence-corrected chi connectivity index (χ3v) is 6.50. The monoisotopic (exact) mass is 420 g/mol. The van der Waals surface area contributed by atoms with E-state index in [1.165, 1.54) is 48.3 Å². The fraction of sp³-hybridized carbons (Fsp3) is 0.571. The van der Waals surface area contributed by atoms with Crippen LogP contribution in [-0.2, 0) is 19.1 Å². The first kappa shape index (κ1) is 21.5. The van der Waals surface area contributed by atoms with Crippen molar-refractivity contribution in [3.8, 4) is 0 Å². The molecule has 1 N–H and O–H groups in total. The van der Waals surface area contributed by atoms with Gasteiger partial charge in [-0.3, -0.25) is 9.59 Å². The van der Waals surface area contributed by atoms with Gasteiger partial charge < -0.3 is 19.4 Å². The van der Waals surface area contributed by atoms with Crippen LogP contribution in [0.1, 0.15) is 57.1 Å². The molecule has 2 aliphatic rings. The lowest BCUT2D eigenvalue weighted by Gasteiger charge is -2.26. The Morgan fingerprint density at radius 3 is 2.86 bits per heavy atom. The SMILES string of the molecule is CC(=O)N1[C@@H](c2ccco2)SC[C@H]1C(=O)O[C@@H](C)C(=O)NCCC1=CCCCC1. The molecule has 1 aliphatic carbocycles. The van der Waals surface area contributed by atoms with Gasteiger partial charge in [-0.1, -0.05) is 11.6 Å². The summed E-state index contributed by atoms with van der Waals surface area (Å²) in [5, 5.41) is 2.47. The standard InChI is InChI=1S/C21H28N2O5S/c1-14(19(25)22-11-10-16-7-4-3-5-8-16)28-21(26)17-13-29-20(23(17)15(2)24)18-9-6-12-27-18/h6-7,9,12,14,17,20H,3-5,8,10-11,13H2,1-2H3,(H,22,25)/t14-,17-,20+/m0/s1. The summed E-state index contributed by atoms with van der Waals surface area (Å²) in [5.74, 6) is -0.122. The van der Waals surface area contributed by atoms with E-state index < -0.39 is 18.1 Å². The molecule has 2 heterocycles. The highest BCUT2D eigenvalue weighted by Crippen LogP contribution is 2.41. The summed E-state index contributed by atoms with van der Waals surface area (Å²) in [6, 6.07) is 2.78. The van der Waals surface area contributed by atoms with Crippen molar-refractivity contribution in [3.05, 3.63) is 35.8 Å². The maximum Gasteiger partial charge on any atom is 0.330 e. The first-order valence-electron chi connectivity index (χ1n) is 10.1. The second-order valence-electron chi connectivity index (χ2n) is 7.37. The Morgan fingerprint density at radius 1 is 1.38 bits per heavy atom. The number of nitrogens with one attached hydrogen (secondary N) is 1. The minimum Gasteiger partial charge on any atom is -0.466 e. The zero-order valence-electron chi connectivity index (χ0n) is 16.9. The Balaban J connectivity index is 1.51. The Labute approximate surface area is 175 Å². The zero-order chi connectivity index (χ0) is 20.8. The molecule has 0 spiro atoms. The number of thioether (sulfide) groups is 1. The van der Waals surface area contributed by atoms with E-state index in [2.05, 4.69) is 11.4 Å². The molecule has 8 heteroatoms. The third kappa shape index (κ3) is 5.44. The molecule has 29 heavy (non-hydrogen) atoms. The highest BCUT2D eigenvalue weighted by molar-refractivity contribution is 7.99. The Kier molecular flexibility index (Phi) is 7.41. The van der Waals surface area contributed by atoms with Crippen molar-refractivity contribution < 1.29 is 23.5 Å². The molecule has 1 aromatic heterocycles. The maximum absolute atomic E-state index is 12.7. The zero-order valence-corrected chi connectivity index (χ0v) is 17.7. The van der Waals surface area contributed by atoms with Gasteiger partial charge in [0.2, 0.25) is 5.91 Å². The maximum atomic E-state index is 12.7. The Hall–Kier alpha value is -2.22. The van der Waals surface area contributed by atoms with Crippen LogP contribution in [0, 0.1) is 0 Å². The summed E-state index contributed by atoms with van der Waals surface area (Å²) in [5.41, 5.74) is 1.38. The minimum absolute atomic E-state index is 0.240. The first-order chi connectivity index (χ1) is 14.0. The summed E-state index contributed by atoms with van der Waals surface area (Å²) >= 11 is 1.44. The Morgan fingerprint density at radius 2 is 2.21 bits per heavy atom. The van der Waals surface area contributed by atoms with Crippen LogP contribution in [0.25, 0.3) is 0 Å². The topological polar surface area (TPSA) is 88.8 Å². The largest absolute Gasteiger partial charge is 0.466 e. The van der Waals surface area contributed by atoms with E-state index in [1.54, 1.807) is 19.1 Å². The van der Waals surface area contributed by atoms with Crippen LogP contribution >= 0.6 is 11.8 Å². The number of carbonyl (C=O) groups is 3. The number of furan rings is 1. The smallest absolute Gasteiger partial charge is 0.330 e. The number of rotatable bonds is 7. The van der Waals surface area contributed by atoms with Crippen LogP contribution < -0.4 is 5.32 Å². The van der Waals surface area contributed by atoms with Gasteiger partial charge in [-0.05, 0) is 51.2 Å². The molecule has 0 radical (unpaired) electrons. The molecular formula is C21H28N2O5S. The fourth-order valence-electron chi connectivity index (χ4n) is 3.65. The van der Waals surface area contributed by atoms with Crippen LogP contribution in [0.3, 0.4) is 0 Å². The van der Waals surface area contributed by atoms with Gasteiger partial charge in [0.05, 0.1) is 6.26 Å². The van der Waals surface area contributed by atoms with Gasteiger partial charge in [0.25, 0.3) is 5.91 Å². The summed E-state index contributed by atoms with van der Waals surface area (Å²) in [6.07, 6.45) is 8.36. The summed E-state index contributed by atoms with van der Waals surface area (Å²) < 4.78 is 10.8. The molecule has 1 saturated heterocycles. The number of allylic oxidation sites excluding steroid dienone is 1. The average molecular weight is 421 g/mol. The minimum atomic E-state index is -0.913. The lowest BCUT2D eigenvalue weighted by Crippen LogP contribution is -2.45. The van der Waals surface area contributed by atoms with E-state index in [9.17, 15) is 14.4 Å². The van der Waals surface area contributed by atoms with Crippen molar-refractivity contribution in [3.63, 3.8) is 0 Å². The van der Waals surface area contributed by atoms with Crippen molar-refractivity contribution in [2.75, 3.05) is 12.3 Å². The molecule has 0 unspecified atom stereocenters. The number of ether oxygens (including phenoxy) is 1. The molecule has 1 aliphatic heterocycles. The fourth-order valence-corrected chi connectivity index (χ4v) is 5.07. The van der Waals surface area contributed by atoms with Gasteiger partial charge in [0.15, 0.2) is 6.10 Å². The van der Waals surface area contributed by atoms with Crippen LogP contribution in [-0.4, -0.2) is 47.1 Å². The molecule has 2 amide bonds. The highest BCUT2D eigenvalue weighted by Gasteiger charge is 2.43. The number of hydrogen-bond donors (Lipinski definition) is 1. The lowest BCUT2D eigenvalue weighted by molar-refractivity contribution is -0.161. The Bertz CT molecular complexity index is 761. The van der Waals surface area contributed by atoms with Crippen LogP contribution in [0.5, 0.6) is 0 Å². The molecule has 3 rings (SSSR count). The van der Waals surface area contributed by atoms with Gasteiger partial charge in [0, 0.05) is 19.2 Å². The number of nitrogens with zero attached hydrogens (tertiary/aromatic N) is 1. The van der Waals surface area contributed by atoms with E-state index in [4.69, 9.17) is 9.15 Å². The van der Waals surface area contributed by atoms with Crippen molar-refractivity contribution in [1.82, 2.24) is 10.2 Å². The van der Waals surface area contributed by atoms with Gasteiger partial charge >= 0.3 is 5.97 Å². The molecule has 3 atom stereocenters. The predicted molar refractivity (Wildman–Crippen MR) is 110 cm³/mol. The lowest BCUT2D eigenvalue weighted by atomic mass is 9.97. The van der Waals surface area contributed by atoms with E-state index in [1.807, 2.05) is 0 Å². The molecule has 158 valence electrons. The van der Waals surface area contributed by atoms with Gasteiger partial charge in [-0.25, -0.2) is 4.79 Å². The van der Waals surface area contributed by atoms with Crippen molar-refractivity contribution in [2.45, 2.75) is 63.5 Å². The summed E-state index contributed by atoms with van der Waals surface area (Å²) in [4.78, 5) is 38.6. The molecule has 1 fully saturated rings. The number of esters is 1. The predicted octanol–water partition coefficient (Wildman–Crippen LogP) is 3.18. The van der Waals surface area contributed by atoms with Crippen LogP contribution in [0.4, 0.5) is 0 Å². The van der Waals surface area contributed by atoms with Gasteiger partial charge in [-0.2, -0.15) is 0 Å². The van der Waals surface area contributed by atoms with E-state index in [-0.39, 0.29) is 17.2 Å². The molecule has 0 bridgehead atoms. The van der Waals surface area contributed by atoms with E-state index in [0.29, 0.717) is 18.1 Å². The molecule has 0 aromatic carbocycles. The molecule has 1 aromatic rings. The van der Waals surface area contributed by atoms with Crippen LogP contribution in [0.15, 0.2) is 34.5 Å². The van der Waals surface area contributed by atoms with Crippen molar-refractivity contribution >= 4 is 29.5 Å². The van der Waals surface area contributed by atoms with Crippen LogP contribution in [0.2, 0.25) is 0 Å². The second-order valence-corrected chi connectivity index (χ2v) is 8.48. The number of amides is 2. The summed E-state index contributed by atoms with van der Waals surface area (Å²) in [6.45, 7) is 3.50. The van der Waals surface area contributed by atoms with Gasteiger partial charge in [0.1, 0.15) is 17.2 Å². The van der Waals surface area contributed by atoms with Gasteiger partial charge in [-0.15, -0.1) is 11.8 Å². The van der Waals surface area contributed by atoms with E-state index in [0.717, 1.165) is 19.3 Å². The number of carbonyl (C=O) groups excluding carboxylic acids is 3. The number of hydrogen-bond acceptors (Lipinski definition) is 6. The summed E-state index contributed by atoms with van der Waals surface area (Å²) in [7, 11) is 0. The second kappa shape index (κ2) is 10.0. The average Bonchev–Trinajstić information content (AvgIpc) is 3.38. The molecule has 0 saturated carbocycles. The van der Waals surface area contributed by atoms with Crippen molar-refractivity contribution in [1.29, 1.82) is 0 Å².